The van der Waals surface area contributed by atoms with E-state index >= 15 is 0 Å². The SMILES string of the molecule is CC(C)c1nc(N(C)CCN)cc(=O)[nH]1. The van der Waals surface area contributed by atoms with Crippen LogP contribution in [0.25, 0.3) is 0 Å². The molecule has 0 aliphatic heterocycles. The summed E-state index contributed by atoms with van der Waals surface area (Å²) in [6.45, 7) is 5.21. The third-order valence-electron chi connectivity index (χ3n) is 2.15. The molecular formula is C10H18N4O. The van der Waals surface area contributed by atoms with Crippen LogP contribution in [0.2, 0.25) is 0 Å². The predicted octanol–water partition coefficient (Wildman–Crippen LogP) is 0.288. The normalized spacial score (nSPS) is 10.7. The second-order valence-electron chi connectivity index (χ2n) is 3.85. The van der Waals surface area contributed by atoms with Crippen molar-refractivity contribution in [2.45, 2.75) is 19.8 Å². The first-order valence-corrected chi connectivity index (χ1v) is 5.07. The Labute approximate surface area is 89.3 Å². The van der Waals surface area contributed by atoms with Crippen molar-refractivity contribution in [1.82, 2.24) is 9.97 Å². The number of aromatic amines is 1. The highest BCUT2D eigenvalue weighted by Gasteiger charge is 2.07. The number of likely N-dealkylation sites (N-methyl/N-ethyl adjacent to an activating group) is 1. The Kier molecular flexibility index (Phi) is 3.85. The standard InChI is InChI=1S/C10H18N4O/c1-7(2)10-12-8(6-9(15)13-10)14(3)5-4-11/h6-7H,4-5,11H2,1-3H3,(H,12,13,15). The Morgan fingerprint density at radius 2 is 2.27 bits per heavy atom. The molecule has 0 bridgehead atoms. The van der Waals surface area contributed by atoms with Crippen LogP contribution in [0.5, 0.6) is 0 Å². The first-order valence-electron chi connectivity index (χ1n) is 5.07. The van der Waals surface area contributed by atoms with Crippen LogP contribution < -0.4 is 16.2 Å². The first-order chi connectivity index (χ1) is 7.04. The Hall–Kier alpha value is -1.36. The fourth-order valence-corrected chi connectivity index (χ4v) is 1.24. The summed E-state index contributed by atoms with van der Waals surface area (Å²) >= 11 is 0. The number of rotatable bonds is 4. The van der Waals surface area contributed by atoms with Crippen molar-refractivity contribution < 1.29 is 0 Å². The van der Waals surface area contributed by atoms with Gasteiger partial charge in [0.2, 0.25) is 0 Å². The summed E-state index contributed by atoms with van der Waals surface area (Å²) in [5.74, 6) is 1.60. The van der Waals surface area contributed by atoms with Crippen molar-refractivity contribution in [1.29, 1.82) is 0 Å². The molecule has 0 aliphatic rings. The number of hydrogen-bond acceptors (Lipinski definition) is 4. The van der Waals surface area contributed by atoms with Crippen LogP contribution in [0.3, 0.4) is 0 Å². The minimum atomic E-state index is -0.118. The molecule has 0 aliphatic carbocycles. The molecule has 5 nitrogen and oxygen atoms in total. The predicted molar refractivity (Wildman–Crippen MR) is 61.3 cm³/mol. The van der Waals surface area contributed by atoms with Gasteiger partial charge in [0.25, 0.3) is 5.56 Å². The van der Waals surface area contributed by atoms with Crippen molar-refractivity contribution in [3.05, 3.63) is 22.2 Å². The second kappa shape index (κ2) is 4.93. The van der Waals surface area contributed by atoms with E-state index in [2.05, 4.69) is 9.97 Å². The van der Waals surface area contributed by atoms with Crippen LogP contribution in [0.1, 0.15) is 25.6 Å². The highest BCUT2D eigenvalue weighted by Crippen LogP contribution is 2.11. The smallest absolute Gasteiger partial charge is 0.252 e. The summed E-state index contributed by atoms with van der Waals surface area (Å²) in [6.07, 6.45) is 0. The van der Waals surface area contributed by atoms with Crippen LogP contribution in [0.15, 0.2) is 10.9 Å². The molecule has 1 heterocycles. The monoisotopic (exact) mass is 210 g/mol. The van der Waals surface area contributed by atoms with Crippen molar-refractivity contribution in [3.8, 4) is 0 Å². The Bertz CT molecular complexity index is 372. The molecule has 1 rings (SSSR count). The number of nitrogens with zero attached hydrogens (tertiary/aromatic N) is 2. The van der Waals surface area contributed by atoms with Gasteiger partial charge in [-0.05, 0) is 0 Å². The molecule has 3 N–H and O–H groups in total. The van der Waals surface area contributed by atoms with Gasteiger partial charge >= 0.3 is 0 Å². The molecule has 0 radical (unpaired) electrons. The van der Waals surface area contributed by atoms with Crippen LogP contribution in [0, 0.1) is 0 Å². The second-order valence-corrected chi connectivity index (χ2v) is 3.85. The molecule has 0 saturated carbocycles. The zero-order valence-electron chi connectivity index (χ0n) is 9.45. The van der Waals surface area contributed by atoms with Crippen molar-refractivity contribution in [2.24, 2.45) is 5.73 Å². The van der Waals surface area contributed by atoms with Crippen LogP contribution in [-0.4, -0.2) is 30.1 Å². The molecule has 0 unspecified atom stereocenters. The quantitative estimate of drug-likeness (QED) is 0.749. The molecule has 0 spiro atoms. The van der Waals surface area contributed by atoms with Gasteiger partial charge in [-0.1, -0.05) is 13.8 Å². The number of aromatic nitrogens is 2. The summed E-state index contributed by atoms with van der Waals surface area (Å²) in [6, 6.07) is 1.49. The highest BCUT2D eigenvalue weighted by atomic mass is 16.1. The van der Waals surface area contributed by atoms with Crippen molar-refractivity contribution >= 4 is 5.82 Å². The highest BCUT2D eigenvalue weighted by molar-refractivity contribution is 5.36. The van der Waals surface area contributed by atoms with Crippen molar-refractivity contribution in [3.63, 3.8) is 0 Å². The number of nitrogens with two attached hydrogens (primary N) is 1. The van der Waals surface area contributed by atoms with Gasteiger partial charge in [0.05, 0.1) is 0 Å². The molecule has 15 heavy (non-hydrogen) atoms. The van der Waals surface area contributed by atoms with Gasteiger partial charge in [-0.15, -0.1) is 0 Å². The van der Waals surface area contributed by atoms with E-state index in [9.17, 15) is 4.79 Å². The topological polar surface area (TPSA) is 75.0 Å². The number of nitrogens with one attached hydrogen (secondary N) is 1. The number of H-pyrrole nitrogens is 1. The lowest BCUT2D eigenvalue weighted by Crippen LogP contribution is -2.28. The van der Waals surface area contributed by atoms with E-state index in [1.165, 1.54) is 6.07 Å². The summed E-state index contributed by atoms with van der Waals surface area (Å²) in [7, 11) is 1.87. The zero-order chi connectivity index (χ0) is 11.4. The molecule has 84 valence electrons. The lowest BCUT2D eigenvalue weighted by atomic mass is 10.2. The fourth-order valence-electron chi connectivity index (χ4n) is 1.24. The Morgan fingerprint density at radius 1 is 1.60 bits per heavy atom. The lowest BCUT2D eigenvalue weighted by Gasteiger charge is -2.17. The van der Waals surface area contributed by atoms with E-state index in [1.54, 1.807) is 0 Å². The molecule has 5 heteroatoms. The van der Waals surface area contributed by atoms with E-state index in [-0.39, 0.29) is 11.5 Å². The molecule has 0 fully saturated rings. The van der Waals surface area contributed by atoms with E-state index in [1.807, 2.05) is 25.8 Å². The van der Waals surface area contributed by atoms with Crippen LogP contribution >= 0.6 is 0 Å². The van der Waals surface area contributed by atoms with Crippen LogP contribution in [0.4, 0.5) is 5.82 Å². The van der Waals surface area contributed by atoms with E-state index in [0.29, 0.717) is 24.7 Å². The molecule has 1 aromatic heterocycles. The van der Waals surface area contributed by atoms with E-state index in [4.69, 9.17) is 5.73 Å². The van der Waals surface area contributed by atoms with Gasteiger partial charge in [-0.25, -0.2) is 4.98 Å². The molecular weight excluding hydrogens is 192 g/mol. The first kappa shape index (κ1) is 11.7. The molecule has 0 saturated heterocycles. The number of hydrogen-bond donors (Lipinski definition) is 2. The van der Waals surface area contributed by atoms with E-state index < -0.39 is 0 Å². The molecule has 1 aromatic rings. The van der Waals surface area contributed by atoms with Crippen LogP contribution in [-0.2, 0) is 0 Å². The van der Waals surface area contributed by atoms with Gasteiger partial charge in [-0.2, -0.15) is 0 Å². The molecule has 0 atom stereocenters. The molecule has 0 aromatic carbocycles. The number of anilines is 1. The molecule has 0 amide bonds. The third-order valence-corrected chi connectivity index (χ3v) is 2.15. The minimum Gasteiger partial charge on any atom is -0.358 e. The zero-order valence-corrected chi connectivity index (χ0v) is 9.45. The average molecular weight is 210 g/mol. The van der Waals surface area contributed by atoms with Gasteiger partial charge in [0.1, 0.15) is 11.6 Å². The summed E-state index contributed by atoms with van der Waals surface area (Å²) in [5, 5.41) is 0. The van der Waals surface area contributed by atoms with Gasteiger partial charge < -0.3 is 15.6 Å². The van der Waals surface area contributed by atoms with Crippen molar-refractivity contribution in [2.75, 3.05) is 25.0 Å². The summed E-state index contributed by atoms with van der Waals surface area (Å²) in [5.41, 5.74) is 5.33. The summed E-state index contributed by atoms with van der Waals surface area (Å²) in [4.78, 5) is 20.3. The fraction of sp³-hybridized carbons (Fsp3) is 0.600. The van der Waals surface area contributed by atoms with Gasteiger partial charge in [0.15, 0.2) is 0 Å². The maximum absolute atomic E-state index is 11.4. The third kappa shape index (κ3) is 3.06. The maximum Gasteiger partial charge on any atom is 0.252 e. The van der Waals surface area contributed by atoms with Gasteiger partial charge in [-0.3, -0.25) is 4.79 Å². The Balaban J connectivity index is 3.03. The largest absolute Gasteiger partial charge is 0.358 e. The van der Waals surface area contributed by atoms with E-state index in [0.717, 1.165) is 0 Å². The maximum atomic E-state index is 11.4. The lowest BCUT2D eigenvalue weighted by molar-refractivity contribution is 0.754. The Morgan fingerprint density at radius 3 is 2.80 bits per heavy atom. The average Bonchev–Trinajstić information content (AvgIpc) is 2.17. The minimum absolute atomic E-state index is 0.118. The van der Waals surface area contributed by atoms with Gasteiger partial charge in [0, 0.05) is 32.1 Å². The summed E-state index contributed by atoms with van der Waals surface area (Å²) < 4.78 is 0.